The van der Waals surface area contributed by atoms with Gasteiger partial charge in [0.2, 0.25) is 5.78 Å². The molecule has 0 saturated heterocycles. The van der Waals surface area contributed by atoms with Crippen LogP contribution in [0.25, 0.3) is 0 Å². The summed E-state index contributed by atoms with van der Waals surface area (Å²) in [6, 6.07) is 3.56. The van der Waals surface area contributed by atoms with Gasteiger partial charge in [0.15, 0.2) is 0 Å². The Kier molecular flexibility index (Phi) is 4.71. The molecule has 0 aliphatic rings. The molecule has 1 aromatic rings. The molecule has 0 amide bonds. The maximum absolute atomic E-state index is 12.1. The number of Topliss-reactive ketones (excluding diaryl/α,β-unsaturated/α-hetero) is 1. The van der Waals surface area contributed by atoms with E-state index >= 15 is 0 Å². The van der Waals surface area contributed by atoms with E-state index in [1.807, 2.05) is 18.6 Å². The lowest BCUT2D eigenvalue weighted by Gasteiger charge is -2.03. The lowest BCUT2D eigenvalue weighted by Crippen LogP contribution is -2.03. The molecule has 1 heterocycles. The second-order valence-corrected chi connectivity index (χ2v) is 4.79. The quantitative estimate of drug-likeness (QED) is 0.468. The van der Waals surface area contributed by atoms with Crippen LogP contribution in [0.4, 0.5) is 0 Å². The second-order valence-electron chi connectivity index (χ2n) is 2.90. The SMILES string of the molecule is CSC(SC)=C(C#N)C(=O)c1ccoc1C. The normalized spacial score (nSPS) is 9.62. The first kappa shape index (κ1) is 12.9. The van der Waals surface area contributed by atoms with Crippen molar-refractivity contribution in [1.29, 1.82) is 5.26 Å². The van der Waals surface area contributed by atoms with E-state index in [2.05, 4.69) is 0 Å². The molecule has 0 spiro atoms. The van der Waals surface area contributed by atoms with E-state index in [1.54, 1.807) is 13.0 Å². The number of allylic oxidation sites excluding steroid dienone is 1. The monoisotopic (exact) mass is 253 g/mol. The van der Waals surface area contributed by atoms with Crippen molar-refractivity contribution in [1.82, 2.24) is 0 Å². The van der Waals surface area contributed by atoms with Crippen LogP contribution in [0.15, 0.2) is 26.6 Å². The Morgan fingerprint density at radius 2 is 2.06 bits per heavy atom. The zero-order valence-corrected chi connectivity index (χ0v) is 10.9. The summed E-state index contributed by atoms with van der Waals surface area (Å²) in [5, 5.41) is 9.03. The molecule has 16 heavy (non-hydrogen) atoms. The van der Waals surface area contributed by atoms with E-state index in [1.165, 1.54) is 29.8 Å². The van der Waals surface area contributed by atoms with Crippen LogP contribution in [0, 0.1) is 18.3 Å². The standard InChI is InChI=1S/C11H11NO2S2/c1-7-8(4-5-14-7)10(13)9(6-12)11(15-2)16-3/h4-5H,1-3H3. The van der Waals surface area contributed by atoms with Crippen molar-refractivity contribution in [2.75, 3.05) is 12.5 Å². The van der Waals surface area contributed by atoms with Gasteiger partial charge in [-0.25, -0.2) is 0 Å². The Hall–Kier alpha value is -1.12. The number of hydrogen-bond acceptors (Lipinski definition) is 5. The van der Waals surface area contributed by atoms with Gasteiger partial charge in [-0.1, -0.05) is 0 Å². The molecule has 0 unspecified atom stereocenters. The van der Waals surface area contributed by atoms with Crippen molar-refractivity contribution in [3.63, 3.8) is 0 Å². The minimum absolute atomic E-state index is 0.185. The summed E-state index contributed by atoms with van der Waals surface area (Å²) >= 11 is 2.81. The van der Waals surface area contributed by atoms with Crippen LogP contribution in [0.1, 0.15) is 16.1 Å². The Morgan fingerprint density at radius 1 is 1.44 bits per heavy atom. The van der Waals surface area contributed by atoms with Gasteiger partial charge in [0.1, 0.15) is 17.4 Å². The smallest absolute Gasteiger partial charge is 0.208 e. The van der Waals surface area contributed by atoms with Gasteiger partial charge < -0.3 is 4.42 Å². The van der Waals surface area contributed by atoms with Crippen LogP contribution >= 0.6 is 23.5 Å². The molecule has 0 aliphatic heterocycles. The first-order valence-electron chi connectivity index (χ1n) is 4.46. The summed E-state index contributed by atoms with van der Waals surface area (Å²) < 4.78 is 5.79. The van der Waals surface area contributed by atoms with Gasteiger partial charge in [0.05, 0.1) is 16.1 Å². The average Bonchev–Trinajstić information content (AvgIpc) is 2.71. The molecule has 0 aliphatic carbocycles. The van der Waals surface area contributed by atoms with E-state index in [-0.39, 0.29) is 11.4 Å². The lowest BCUT2D eigenvalue weighted by molar-refractivity contribution is 0.103. The van der Waals surface area contributed by atoms with Crippen molar-refractivity contribution in [3.8, 4) is 6.07 Å². The van der Waals surface area contributed by atoms with Gasteiger partial charge in [-0.15, -0.1) is 23.5 Å². The maximum Gasteiger partial charge on any atom is 0.208 e. The fourth-order valence-electron chi connectivity index (χ4n) is 1.23. The van der Waals surface area contributed by atoms with E-state index in [0.717, 1.165) is 4.24 Å². The number of rotatable bonds is 4. The summed E-state index contributed by atoms with van der Waals surface area (Å²) in [5.74, 6) is 0.270. The first-order chi connectivity index (χ1) is 7.65. The van der Waals surface area contributed by atoms with Gasteiger partial charge in [0, 0.05) is 0 Å². The highest BCUT2D eigenvalue weighted by molar-refractivity contribution is 8.21. The predicted octanol–water partition coefficient (Wildman–Crippen LogP) is 3.23. The number of nitriles is 1. The number of ketones is 1. The molecule has 3 nitrogen and oxygen atoms in total. The molecule has 84 valence electrons. The Labute approximate surface area is 103 Å². The van der Waals surface area contributed by atoms with Crippen LogP contribution in [0.2, 0.25) is 0 Å². The first-order valence-corrected chi connectivity index (χ1v) is 6.91. The molecule has 1 aromatic heterocycles. The second kappa shape index (κ2) is 5.83. The van der Waals surface area contributed by atoms with Crippen LogP contribution in [0.5, 0.6) is 0 Å². The molecule has 0 fully saturated rings. The van der Waals surface area contributed by atoms with E-state index in [0.29, 0.717) is 11.3 Å². The minimum Gasteiger partial charge on any atom is -0.469 e. The van der Waals surface area contributed by atoms with Gasteiger partial charge in [-0.2, -0.15) is 5.26 Å². The highest BCUT2D eigenvalue weighted by atomic mass is 32.2. The Balaban J connectivity index is 3.19. The summed E-state index contributed by atoms with van der Waals surface area (Å²) in [6.07, 6.45) is 5.15. The molecule has 0 aromatic carbocycles. The molecular weight excluding hydrogens is 242 g/mol. The fourth-order valence-corrected chi connectivity index (χ4v) is 2.58. The Bertz CT molecular complexity index is 463. The zero-order chi connectivity index (χ0) is 12.1. The molecule has 5 heteroatoms. The number of thioether (sulfide) groups is 2. The predicted molar refractivity (Wildman–Crippen MR) is 67.4 cm³/mol. The van der Waals surface area contributed by atoms with Gasteiger partial charge >= 0.3 is 0 Å². The van der Waals surface area contributed by atoms with Gasteiger partial charge in [0.25, 0.3) is 0 Å². The molecule has 0 radical (unpaired) electrons. The van der Waals surface area contributed by atoms with E-state index < -0.39 is 0 Å². The third-order valence-electron chi connectivity index (χ3n) is 2.02. The molecule has 0 atom stereocenters. The largest absolute Gasteiger partial charge is 0.469 e. The number of furan rings is 1. The third-order valence-corrected chi connectivity index (χ3v) is 4.17. The number of hydrogen-bond donors (Lipinski definition) is 0. The third kappa shape index (κ3) is 2.52. The molecule has 0 saturated carbocycles. The molecule has 1 rings (SSSR count). The topological polar surface area (TPSA) is 54.0 Å². The summed E-state index contributed by atoms with van der Waals surface area (Å²) in [6.45, 7) is 1.71. The molecule has 0 N–H and O–H groups in total. The average molecular weight is 253 g/mol. The van der Waals surface area contributed by atoms with Crippen LogP contribution < -0.4 is 0 Å². The van der Waals surface area contributed by atoms with Crippen LogP contribution in [0.3, 0.4) is 0 Å². The van der Waals surface area contributed by atoms with Crippen molar-refractivity contribution in [2.24, 2.45) is 0 Å². The van der Waals surface area contributed by atoms with Gasteiger partial charge in [-0.3, -0.25) is 4.79 Å². The molecular formula is C11H11NO2S2. The van der Waals surface area contributed by atoms with Crippen LogP contribution in [-0.4, -0.2) is 18.3 Å². The number of nitrogens with zero attached hydrogens (tertiary/aromatic N) is 1. The zero-order valence-electron chi connectivity index (χ0n) is 9.23. The number of aryl methyl sites for hydroxylation is 1. The number of carbonyl (C=O) groups excluding carboxylic acids is 1. The fraction of sp³-hybridized carbons (Fsp3) is 0.273. The highest BCUT2D eigenvalue weighted by Gasteiger charge is 2.19. The molecule has 0 bridgehead atoms. The van der Waals surface area contributed by atoms with Crippen molar-refractivity contribution >= 4 is 29.3 Å². The van der Waals surface area contributed by atoms with Crippen LogP contribution in [-0.2, 0) is 0 Å². The summed E-state index contributed by atoms with van der Waals surface area (Å²) in [7, 11) is 0. The highest BCUT2D eigenvalue weighted by Crippen LogP contribution is 2.29. The number of carbonyl (C=O) groups is 1. The minimum atomic E-state index is -0.271. The van der Waals surface area contributed by atoms with Gasteiger partial charge in [-0.05, 0) is 25.5 Å². The van der Waals surface area contributed by atoms with Crippen molar-refractivity contribution < 1.29 is 9.21 Å². The van der Waals surface area contributed by atoms with Crippen molar-refractivity contribution in [2.45, 2.75) is 6.92 Å². The maximum atomic E-state index is 12.1. The van der Waals surface area contributed by atoms with E-state index in [4.69, 9.17) is 9.68 Å². The Morgan fingerprint density at radius 3 is 2.44 bits per heavy atom. The van der Waals surface area contributed by atoms with Crippen molar-refractivity contribution in [3.05, 3.63) is 33.5 Å². The summed E-state index contributed by atoms with van der Waals surface area (Å²) in [4.78, 5) is 12.1. The lowest BCUT2D eigenvalue weighted by atomic mass is 10.1. The van der Waals surface area contributed by atoms with E-state index in [9.17, 15) is 4.79 Å². The summed E-state index contributed by atoms with van der Waals surface area (Å²) in [5.41, 5.74) is 0.640.